The van der Waals surface area contributed by atoms with Gasteiger partial charge >= 0.3 is 19.2 Å². The molecule has 10 heteroatoms. The van der Waals surface area contributed by atoms with E-state index in [1.54, 1.807) is 64.3 Å². The van der Waals surface area contributed by atoms with Crippen LogP contribution in [0.3, 0.4) is 0 Å². The SMILES string of the molecule is COc1ccc(COc2c(CC(NC(=O)OC(C)(C)C)C(=O)O)cccc2B(O)O)cc1. The zero-order valence-electron chi connectivity index (χ0n) is 18.5. The van der Waals surface area contributed by atoms with E-state index in [9.17, 15) is 24.7 Å². The first-order valence-corrected chi connectivity index (χ1v) is 9.96. The van der Waals surface area contributed by atoms with E-state index in [4.69, 9.17) is 14.2 Å². The number of aliphatic carboxylic acids is 1. The van der Waals surface area contributed by atoms with Crippen LogP contribution < -0.4 is 20.3 Å². The van der Waals surface area contributed by atoms with Crippen molar-refractivity contribution in [3.63, 3.8) is 0 Å². The average molecular weight is 445 g/mol. The van der Waals surface area contributed by atoms with E-state index < -0.39 is 30.8 Å². The third kappa shape index (κ3) is 7.47. The van der Waals surface area contributed by atoms with Crippen molar-refractivity contribution < 1.29 is 39.0 Å². The number of nitrogens with one attached hydrogen (secondary N) is 1. The fraction of sp³-hybridized carbons (Fsp3) is 0.364. The highest BCUT2D eigenvalue weighted by Crippen LogP contribution is 2.21. The molecule has 2 aromatic rings. The van der Waals surface area contributed by atoms with E-state index in [1.165, 1.54) is 6.07 Å². The van der Waals surface area contributed by atoms with Crippen molar-refractivity contribution in [2.45, 2.75) is 45.4 Å². The van der Waals surface area contributed by atoms with Crippen LogP contribution in [0, 0.1) is 0 Å². The number of carboxylic acid groups (broad SMARTS) is 1. The number of hydrogen-bond acceptors (Lipinski definition) is 7. The minimum absolute atomic E-state index is 0.0809. The van der Waals surface area contributed by atoms with Gasteiger partial charge in [0.1, 0.15) is 29.7 Å². The number of carbonyl (C=O) groups is 2. The number of carbonyl (C=O) groups excluding carboxylic acids is 1. The number of rotatable bonds is 9. The predicted molar refractivity (Wildman–Crippen MR) is 118 cm³/mol. The van der Waals surface area contributed by atoms with Crippen molar-refractivity contribution >= 4 is 24.6 Å². The maximum atomic E-state index is 12.1. The summed E-state index contributed by atoms with van der Waals surface area (Å²) in [5.74, 6) is -0.458. The van der Waals surface area contributed by atoms with Gasteiger partial charge in [-0.3, -0.25) is 0 Å². The molecule has 9 nitrogen and oxygen atoms in total. The van der Waals surface area contributed by atoms with Crippen LogP contribution in [0.2, 0.25) is 0 Å². The Morgan fingerprint density at radius 1 is 1.09 bits per heavy atom. The molecule has 0 aromatic heterocycles. The Bertz CT molecular complexity index is 925. The van der Waals surface area contributed by atoms with Crippen LogP contribution in [0.1, 0.15) is 31.9 Å². The number of benzene rings is 2. The lowest BCUT2D eigenvalue weighted by molar-refractivity contribution is -0.139. The molecule has 4 N–H and O–H groups in total. The second-order valence-corrected chi connectivity index (χ2v) is 8.09. The second kappa shape index (κ2) is 10.9. The van der Waals surface area contributed by atoms with Gasteiger partial charge in [0, 0.05) is 11.9 Å². The molecule has 0 aliphatic rings. The van der Waals surface area contributed by atoms with Crippen LogP contribution >= 0.6 is 0 Å². The maximum Gasteiger partial charge on any atom is 0.492 e. The normalized spacial score (nSPS) is 11.9. The first-order chi connectivity index (χ1) is 15.0. The molecule has 2 aromatic carbocycles. The standard InChI is InChI=1S/C22H28BNO8/c1-22(2,3)32-21(27)24-18(20(25)26)12-15-6-5-7-17(23(28)29)19(15)31-13-14-8-10-16(30-4)11-9-14/h5-11,18,28-29H,12-13H2,1-4H3,(H,24,27)(H,25,26). The predicted octanol–water partition coefficient (Wildman–Crippen LogP) is 1.47. The van der Waals surface area contributed by atoms with Crippen LogP contribution in [0.5, 0.6) is 11.5 Å². The smallest absolute Gasteiger partial charge is 0.492 e. The molecule has 0 fully saturated rings. The molecule has 0 radical (unpaired) electrons. The molecule has 0 saturated carbocycles. The molecular formula is C22H28BNO8. The number of amides is 1. The fourth-order valence-electron chi connectivity index (χ4n) is 2.89. The van der Waals surface area contributed by atoms with Crippen LogP contribution in [0.4, 0.5) is 4.79 Å². The van der Waals surface area contributed by atoms with Gasteiger partial charge in [0.05, 0.1) is 7.11 Å². The summed E-state index contributed by atoms with van der Waals surface area (Å²) in [5, 5.41) is 31.4. The number of hydrogen-bond donors (Lipinski definition) is 4. The first-order valence-electron chi connectivity index (χ1n) is 9.96. The number of para-hydroxylation sites is 1. The van der Waals surface area contributed by atoms with Gasteiger partial charge in [-0.25, -0.2) is 9.59 Å². The molecule has 172 valence electrons. The third-order valence-electron chi connectivity index (χ3n) is 4.36. The van der Waals surface area contributed by atoms with Crippen molar-refractivity contribution in [2.24, 2.45) is 0 Å². The van der Waals surface area contributed by atoms with E-state index in [0.29, 0.717) is 11.3 Å². The largest absolute Gasteiger partial charge is 0.497 e. The summed E-state index contributed by atoms with van der Waals surface area (Å²) in [6, 6.07) is 10.4. The van der Waals surface area contributed by atoms with E-state index in [0.717, 1.165) is 5.56 Å². The monoisotopic (exact) mass is 445 g/mol. The minimum atomic E-state index is -1.83. The van der Waals surface area contributed by atoms with Gasteiger partial charge in [-0.2, -0.15) is 0 Å². The Morgan fingerprint density at radius 3 is 2.28 bits per heavy atom. The van der Waals surface area contributed by atoms with E-state index in [1.807, 2.05) is 0 Å². The fourth-order valence-corrected chi connectivity index (χ4v) is 2.89. The molecule has 0 bridgehead atoms. The number of carboxylic acids is 1. The van der Waals surface area contributed by atoms with Gasteiger partial charge in [-0.15, -0.1) is 0 Å². The molecule has 0 aliphatic heterocycles. The summed E-state index contributed by atoms with van der Waals surface area (Å²) < 4.78 is 16.1. The Balaban J connectivity index is 2.25. The van der Waals surface area contributed by atoms with Crippen molar-refractivity contribution in [1.29, 1.82) is 0 Å². The van der Waals surface area contributed by atoms with Crippen molar-refractivity contribution in [2.75, 3.05) is 7.11 Å². The van der Waals surface area contributed by atoms with E-state index >= 15 is 0 Å². The highest BCUT2D eigenvalue weighted by atomic mass is 16.6. The molecule has 0 saturated heterocycles. The van der Waals surface area contributed by atoms with E-state index in [2.05, 4.69) is 5.32 Å². The first kappa shape index (κ1) is 25.0. The lowest BCUT2D eigenvalue weighted by atomic mass is 9.78. The second-order valence-electron chi connectivity index (χ2n) is 8.09. The topological polar surface area (TPSA) is 135 Å². The number of methoxy groups -OCH3 is 1. The molecule has 1 amide bonds. The summed E-state index contributed by atoms with van der Waals surface area (Å²) in [5.41, 5.74) is 0.464. The molecular weight excluding hydrogens is 417 g/mol. The van der Waals surface area contributed by atoms with E-state index in [-0.39, 0.29) is 24.2 Å². The quantitative estimate of drug-likeness (QED) is 0.427. The molecule has 32 heavy (non-hydrogen) atoms. The maximum absolute atomic E-state index is 12.1. The van der Waals surface area contributed by atoms with Crippen LogP contribution in [-0.4, -0.2) is 53.1 Å². The van der Waals surface area contributed by atoms with Gasteiger partial charge in [0.25, 0.3) is 0 Å². The van der Waals surface area contributed by atoms with Gasteiger partial charge < -0.3 is 34.7 Å². The van der Waals surface area contributed by atoms with Crippen molar-refractivity contribution in [3.05, 3.63) is 53.6 Å². The zero-order valence-corrected chi connectivity index (χ0v) is 18.5. The summed E-state index contributed by atoms with van der Waals surface area (Å²) in [4.78, 5) is 23.8. The molecule has 2 rings (SSSR count). The van der Waals surface area contributed by atoms with Gasteiger partial charge in [0.2, 0.25) is 0 Å². The Labute approximate surface area is 187 Å². The molecule has 1 unspecified atom stereocenters. The molecule has 1 atom stereocenters. The lowest BCUT2D eigenvalue weighted by Crippen LogP contribution is -2.45. The van der Waals surface area contributed by atoms with Crippen molar-refractivity contribution in [1.82, 2.24) is 5.32 Å². The minimum Gasteiger partial charge on any atom is -0.497 e. The molecule has 0 heterocycles. The van der Waals surface area contributed by atoms with Gasteiger partial charge in [-0.05, 0) is 44.0 Å². The number of ether oxygens (including phenoxy) is 3. The molecule has 0 spiro atoms. The average Bonchev–Trinajstić information content (AvgIpc) is 2.70. The Morgan fingerprint density at radius 2 is 1.75 bits per heavy atom. The Kier molecular flexibility index (Phi) is 8.51. The Hall–Kier alpha value is -3.24. The highest BCUT2D eigenvalue weighted by molar-refractivity contribution is 6.59. The lowest BCUT2D eigenvalue weighted by Gasteiger charge is -2.23. The summed E-state index contributed by atoms with van der Waals surface area (Å²) >= 11 is 0. The van der Waals surface area contributed by atoms with Gasteiger partial charge in [0.15, 0.2) is 0 Å². The highest BCUT2D eigenvalue weighted by Gasteiger charge is 2.27. The summed E-state index contributed by atoms with van der Waals surface area (Å²) in [7, 11) is -0.274. The number of alkyl carbamates (subject to hydrolysis) is 1. The summed E-state index contributed by atoms with van der Waals surface area (Å²) in [6.07, 6.45) is -1.03. The van der Waals surface area contributed by atoms with Crippen molar-refractivity contribution in [3.8, 4) is 11.5 Å². The molecule has 0 aliphatic carbocycles. The zero-order chi connectivity index (χ0) is 23.9. The summed E-state index contributed by atoms with van der Waals surface area (Å²) in [6.45, 7) is 5.09. The van der Waals surface area contributed by atoms with Crippen LogP contribution in [0.25, 0.3) is 0 Å². The van der Waals surface area contributed by atoms with Gasteiger partial charge in [-0.1, -0.05) is 30.3 Å². The third-order valence-corrected chi connectivity index (χ3v) is 4.36. The van der Waals surface area contributed by atoms with Crippen LogP contribution in [-0.2, 0) is 22.6 Å². The van der Waals surface area contributed by atoms with Crippen LogP contribution in [0.15, 0.2) is 42.5 Å².